The van der Waals surface area contributed by atoms with Gasteiger partial charge in [-0.2, -0.15) is 0 Å². The number of rotatable bonds is 4. The highest BCUT2D eigenvalue weighted by Gasteiger charge is 2.28. The highest BCUT2D eigenvalue weighted by atomic mass is 35.5. The first-order valence-corrected chi connectivity index (χ1v) is 6.92. The highest BCUT2D eigenvalue weighted by molar-refractivity contribution is 6.31. The first-order valence-electron chi connectivity index (χ1n) is 6.54. The number of hydrogen-bond donors (Lipinski definition) is 1. The van der Waals surface area contributed by atoms with Gasteiger partial charge in [-0.25, -0.2) is 0 Å². The zero-order valence-electron chi connectivity index (χ0n) is 10.4. The third kappa shape index (κ3) is 3.20. The fourth-order valence-electron chi connectivity index (χ4n) is 2.86. The van der Waals surface area contributed by atoms with Gasteiger partial charge >= 0.3 is 0 Å². The summed E-state index contributed by atoms with van der Waals surface area (Å²) in [7, 11) is 0. The summed E-state index contributed by atoms with van der Waals surface area (Å²) in [5.74, 6) is 1.56. The zero-order valence-corrected chi connectivity index (χ0v) is 11.2. The van der Waals surface area contributed by atoms with Crippen LogP contribution in [0.5, 0.6) is 0 Å². The zero-order chi connectivity index (χ0) is 12.3. The van der Waals surface area contributed by atoms with E-state index < -0.39 is 0 Å². The van der Waals surface area contributed by atoms with Crippen LogP contribution in [0.3, 0.4) is 0 Å². The van der Waals surface area contributed by atoms with Crippen molar-refractivity contribution in [2.75, 3.05) is 0 Å². The van der Waals surface area contributed by atoms with Crippen LogP contribution in [0.15, 0.2) is 18.5 Å². The van der Waals surface area contributed by atoms with Crippen LogP contribution in [0.2, 0.25) is 5.02 Å². The van der Waals surface area contributed by atoms with Gasteiger partial charge in [-0.1, -0.05) is 31.4 Å². The normalized spacial score (nSPS) is 26.1. The van der Waals surface area contributed by atoms with Gasteiger partial charge in [-0.05, 0) is 42.7 Å². The lowest BCUT2D eigenvalue weighted by Crippen LogP contribution is -2.31. The molecule has 0 amide bonds. The maximum Gasteiger partial charge on any atom is 0.0621 e. The van der Waals surface area contributed by atoms with Crippen LogP contribution >= 0.6 is 11.6 Å². The fraction of sp³-hybridized carbons (Fsp3) is 0.643. The number of halogens is 1. The summed E-state index contributed by atoms with van der Waals surface area (Å²) in [4.78, 5) is 4.00. The van der Waals surface area contributed by atoms with E-state index >= 15 is 0 Å². The third-order valence-corrected chi connectivity index (χ3v) is 4.42. The van der Waals surface area contributed by atoms with Gasteiger partial charge in [0.15, 0.2) is 0 Å². The molecule has 0 aliphatic heterocycles. The molecule has 1 aromatic rings. The van der Waals surface area contributed by atoms with Gasteiger partial charge in [0.2, 0.25) is 0 Å². The van der Waals surface area contributed by atoms with Crippen LogP contribution in [0.25, 0.3) is 0 Å². The monoisotopic (exact) mass is 252 g/mol. The smallest absolute Gasteiger partial charge is 0.0621 e. The molecular weight excluding hydrogens is 232 g/mol. The summed E-state index contributed by atoms with van der Waals surface area (Å²) in [6, 6.07) is 2.22. The van der Waals surface area contributed by atoms with E-state index in [1.165, 1.54) is 25.7 Å². The lowest BCUT2D eigenvalue weighted by Gasteiger charge is -2.19. The number of nitrogens with zero attached hydrogens (tertiary/aromatic N) is 1. The summed E-state index contributed by atoms with van der Waals surface area (Å²) >= 11 is 6.11. The van der Waals surface area contributed by atoms with E-state index in [4.69, 9.17) is 17.3 Å². The average molecular weight is 253 g/mol. The molecule has 0 saturated heterocycles. The van der Waals surface area contributed by atoms with Crippen molar-refractivity contribution >= 4 is 11.6 Å². The molecule has 3 unspecified atom stereocenters. The third-order valence-electron chi connectivity index (χ3n) is 4.08. The maximum atomic E-state index is 6.32. The largest absolute Gasteiger partial charge is 0.327 e. The molecule has 0 bridgehead atoms. The van der Waals surface area contributed by atoms with Crippen LogP contribution in [0.1, 0.15) is 38.2 Å². The van der Waals surface area contributed by atoms with Crippen molar-refractivity contribution in [3.63, 3.8) is 0 Å². The Morgan fingerprint density at radius 2 is 2.35 bits per heavy atom. The number of hydrogen-bond acceptors (Lipinski definition) is 2. The van der Waals surface area contributed by atoms with Crippen LogP contribution in [0, 0.1) is 11.8 Å². The standard InChI is InChI=1S/C14H21ClN2/c1-2-10-3-4-12(7-10)14(16)8-11-5-6-17-9-13(11)15/h5-6,9-10,12,14H,2-4,7-8,16H2,1H3. The maximum absolute atomic E-state index is 6.32. The summed E-state index contributed by atoms with van der Waals surface area (Å²) in [6.07, 6.45) is 9.58. The molecule has 3 heteroatoms. The molecule has 1 fully saturated rings. The molecule has 2 N–H and O–H groups in total. The fourth-order valence-corrected chi connectivity index (χ4v) is 3.06. The minimum Gasteiger partial charge on any atom is -0.327 e. The Kier molecular flexibility index (Phi) is 4.41. The van der Waals surface area contributed by atoms with E-state index in [2.05, 4.69) is 11.9 Å². The van der Waals surface area contributed by atoms with Gasteiger partial charge in [0.25, 0.3) is 0 Å². The van der Waals surface area contributed by atoms with Crippen LogP contribution < -0.4 is 5.73 Å². The van der Waals surface area contributed by atoms with Crippen LogP contribution in [0.4, 0.5) is 0 Å². The lowest BCUT2D eigenvalue weighted by atomic mass is 9.92. The van der Waals surface area contributed by atoms with Gasteiger partial charge in [-0.3, -0.25) is 4.98 Å². The molecule has 1 aliphatic rings. The minimum absolute atomic E-state index is 0.242. The number of aromatic nitrogens is 1. The number of pyridine rings is 1. The van der Waals surface area contributed by atoms with Gasteiger partial charge in [0.1, 0.15) is 0 Å². The molecule has 2 nitrogen and oxygen atoms in total. The van der Waals surface area contributed by atoms with E-state index in [1.807, 2.05) is 6.07 Å². The Morgan fingerprint density at radius 1 is 1.53 bits per heavy atom. The van der Waals surface area contributed by atoms with Crippen molar-refractivity contribution in [1.82, 2.24) is 4.98 Å². The van der Waals surface area contributed by atoms with E-state index in [9.17, 15) is 0 Å². The molecule has 0 radical (unpaired) electrons. The van der Waals surface area contributed by atoms with Gasteiger partial charge in [0.05, 0.1) is 5.02 Å². The van der Waals surface area contributed by atoms with Gasteiger partial charge < -0.3 is 5.73 Å². The van der Waals surface area contributed by atoms with Crippen molar-refractivity contribution in [3.05, 3.63) is 29.0 Å². The Morgan fingerprint density at radius 3 is 3.00 bits per heavy atom. The molecule has 1 saturated carbocycles. The van der Waals surface area contributed by atoms with Crippen molar-refractivity contribution in [2.24, 2.45) is 17.6 Å². The second kappa shape index (κ2) is 5.83. The summed E-state index contributed by atoms with van der Waals surface area (Å²) < 4.78 is 0. The predicted molar refractivity (Wildman–Crippen MR) is 72.0 cm³/mol. The molecule has 17 heavy (non-hydrogen) atoms. The molecule has 1 heterocycles. The van der Waals surface area contributed by atoms with Gasteiger partial charge in [0, 0.05) is 18.4 Å². The summed E-state index contributed by atoms with van der Waals surface area (Å²) in [5.41, 5.74) is 7.45. The average Bonchev–Trinajstić information content (AvgIpc) is 2.81. The second-order valence-electron chi connectivity index (χ2n) is 5.18. The highest BCUT2D eigenvalue weighted by Crippen LogP contribution is 2.35. The van der Waals surface area contributed by atoms with Crippen LogP contribution in [-0.4, -0.2) is 11.0 Å². The Balaban J connectivity index is 1.94. The van der Waals surface area contributed by atoms with Crippen molar-refractivity contribution in [3.8, 4) is 0 Å². The summed E-state index contributed by atoms with van der Waals surface area (Å²) in [6.45, 7) is 2.28. The molecule has 0 spiro atoms. The van der Waals surface area contributed by atoms with Crippen LogP contribution in [-0.2, 0) is 6.42 Å². The topological polar surface area (TPSA) is 38.9 Å². The summed E-state index contributed by atoms with van der Waals surface area (Å²) in [5, 5.41) is 0.744. The molecule has 94 valence electrons. The van der Waals surface area contributed by atoms with Gasteiger partial charge in [-0.15, -0.1) is 0 Å². The quantitative estimate of drug-likeness (QED) is 0.892. The van der Waals surface area contributed by atoms with E-state index in [1.54, 1.807) is 12.4 Å². The first-order chi connectivity index (χ1) is 8.20. The predicted octanol–water partition coefficient (Wildman–Crippen LogP) is 3.43. The molecule has 1 aliphatic carbocycles. The Hall–Kier alpha value is -0.600. The molecule has 2 rings (SSSR count). The Labute approximate surface area is 109 Å². The van der Waals surface area contributed by atoms with Crippen molar-refractivity contribution in [1.29, 1.82) is 0 Å². The molecule has 1 aromatic heterocycles. The molecule has 0 aromatic carbocycles. The SMILES string of the molecule is CCC1CCC(C(N)Cc2ccncc2Cl)C1. The lowest BCUT2D eigenvalue weighted by molar-refractivity contribution is 0.405. The van der Waals surface area contributed by atoms with Crippen molar-refractivity contribution < 1.29 is 0 Å². The second-order valence-corrected chi connectivity index (χ2v) is 5.59. The minimum atomic E-state index is 0.242. The van der Waals surface area contributed by atoms with E-state index in [-0.39, 0.29) is 6.04 Å². The number of nitrogens with two attached hydrogens (primary N) is 1. The van der Waals surface area contributed by atoms with Crippen molar-refractivity contribution in [2.45, 2.75) is 45.1 Å². The molecule has 3 atom stereocenters. The first kappa shape index (κ1) is 12.8. The van der Waals surface area contributed by atoms with E-state index in [0.29, 0.717) is 5.92 Å². The van der Waals surface area contributed by atoms with E-state index in [0.717, 1.165) is 22.9 Å². The molecular formula is C14H21ClN2. The Bertz CT molecular complexity index is 367.